The molecule has 0 amide bonds. The third kappa shape index (κ3) is 4.27. The zero-order chi connectivity index (χ0) is 21.8. The molecule has 156 valence electrons. The monoisotopic (exact) mass is 418 g/mol. The minimum Gasteiger partial charge on any atom is -0.324 e. The maximum Gasteiger partial charge on any atom is 0.252 e. The van der Waals surface area contributed by atoms with Crippen LogP contribution in [0.3, 0.4) is 0 Å². The van der Waals surface area contributed by atoms with E-state index in [1.54, 1.807) is 22.9 Å². The molecule has 0 spiro atoms. The van der Waals surface area contributed by atoms with Crippen molar-refractivity contribution in [2.24, 2.45) is 0 Å². The molecule has 5 heteroatoms. The van der Waals surface area contributed by atoms with E-state index in [1.165, 1.54) is 16.7 Å². The third-order valence-electron chi connectivity index (χ3n) is 5.44. The SMILES string of the molecule is O=c1ccc2cnc(Nc3ccccc3)nc2n1CCc1ccc(-c2ccccc2)cc1. The van der Waals surface area contributed by atoms with Crippen molar-refractivity contribution in [3.05, 3.63) is 119 Å². The maximum absolute atomic E-state index is 12.6. The molecule has 0 aliphatic rings. The summed E-state index contributed by atoms with van der Waals surface area (Å²) in [7, 11) is 0. The number of nitrogens with zero attached hydrogens (tertiary/aromatic N) is 3. The van der Waals surface area contributed by atoms with Gasteiger partial charge in [0, 0.05) is 29.9 Å². The fourth-order valence-corrected chi connectivity index (χ4v) is 3.73. The Kier molecular flexibility index (Phi) is 5.45. The zero-order valence-corrected chi connectivity index (χ0v) is 17.5. The molecule has 0 aliphatic carbocycles. The average Bonchev–Trinajstić information content (AvgIpc) is 2.85. The van der Waals surface area contributed by atoms with Crippen molar-refractivity contribution in [2.45, 2.75) is 13.0 Å². The largest absolute Gasteiger partial charge is 0.324 e. The quantitative estimate of drug-likeness (QED) is 0.399. The van der Waals surface area contributed by atoms with E-state index in [0.717, 1.165) is 17.5 Å². The molecule has 0 saturated heterocycles. The summed E-state index contributed by atoms with van der Waals surface area (Å²) >= 11 is 0. The predicted octanol–water partition coefficient (Wildman–Crippen LogP) is 5.44. The molecule has 0 unspecified atom stereocenters. The van der Waals surface area contributed by atoms with Crippen molar-refractivity contribution < 1.29 is 0 Å². The minimum atomic E-state index is -0.0669. The highest BCUT2D eigenvalue weighted by atomic mass is 16.1. The molecule has 0 aliphatic heterocycles. The van der Waals surface area contributed by atoms with Gasteiger partial charge in [-0.1, -0.05) is 72.8 Å². The number of fused-ring (bicyclic) bond motifs is 1. The molecular formula is C27H22N4O. The number of nitrogens with one attached hydrogen (secondary N) is 1. The molecule has 2 heterocycles. The molecule has 5 aromatic rings. The van der Waals surface area contributed by atoms with E-state index in [4.69, 9.17) is 0 Å². The van der Waals surface area contributed by atoms with Crippen LogP contribution in [0.4, 0.5) is 11.6 Å². The van der Waals surface area contributed by atoms with Crippen molar-refractivity contribution in [1.82, 2.24) is 14.5 Å². The third-order valence-corrected chi connectivity index (χ3v) is 5.44. The van der Waals surface area contributed by atoms with Crippen molar-refractivity contribution >= 4 is 22.7 Å². The number of aryl methyl sites for hydroxylation is 2. The number of rotatable bonds is 6. The maximum atomic E-state index is 12.6. The smallest absolute Gasteiger partial charge is 0.252 e. The first kappa shape index (κ1) is 19.7. The highest BCUT2D eigenvalue weighted by Gasteiger charge is 2.08. The summed E-state index contributed by atoms with van der Waals surface area (Å²) < 4.78 is 1.72. The van der Waals surface area contributed by atoms with Gasteiger partial charge in [-0.25, -0.2) is 4.98 Å². The van der Waals surface area contributed by atoms with Gasteiger partial charge in [-0.2, -0.15) is 4.98 Å². The van der Waals surface area contributed by atoms with Gasteiger partial charge in [0.05, 0.1) is 0 Å². The fraction of sp³-hybridized carbons (Fsp3) is 0.0741. The first-order valence-electron chi connectivity index (χ1n) is 10.6. The average molecular weight is 419 g/mol. The standard InChI is InChI=1S/C27H22N4O/c32-25-16-15-23-19-28-27(29-24-9-5-2-6-10-24)30-26(23)31(25)18-17-20-11-13-22(14-12-20)21-7-3-1-4-8-21/h1-16,19H,17-18H2,(H,28,29,30). The van der Waals surface area contributed by atoms with Crippen LogP contribution in [0.25, 0.3) is 22.2 Å². The topological polar surface area (TPSA) is 59.8 Å². The van der Waals surface area contributed by atoms with E-state index in [2.05, 4.69) is 51.7 Å². The molecule has 0 fully saturated rings. The second kappa shape index (κ2) is 8.86. The Morgan fingerprint density at radius 2 is 1.44 bits per heavy atom. The van der Waals surface area contributed by atoms with Crippen LogP contribution in [0.1, 0.15) is 5.56 Å². The molecule has 3 aromatic carbocycles. The number of para-hydroxylation sites is 1. The van der Waals surface area contributed by atoms with Gasteiger partial charge in [0.2, 0.25) is 5.95 Å². The molecule has 1 N–H and O–H groups in total. The normalized spacial score (nSPS) is 10.9. The van der Waals surface area contributed by atoms with E-state index in [-0.39, 0.29) is 5.56 Å². The van der Waals surface area contributed by atoms with Crippen LogP contribution < -0.4 is 10.9 Å². The molecule has 0 radical (unpaired) electrons. The predicted molar refractivity (Wildman–Crippen MR) is 129 cm³/mol. The van der Waals surface area contributed by atoms with Crippen LogP contribution in [0, 0.1) is 0 Å². The van der Waals surface area contributed by atoms with Gasteiger partial charge >= 0.3 is 0 Å². The number of hydrogen-bond acceptors (Lipinski definition) is 4. The lowest BCUT2D eigenvalue weighted by molar-refractivity contribution is 0.688. The van der Waals surface area contributed by atoms with Crippen LogP contribution in [0.15, 0.2) is 108 Å². The Morgan fingerprint density at radius 3 is 2.19 bits per heavy atom. The van der Waals surface area contributed by atoms with Gasteiger partial charge in [-0.15, -0.1) is 0 Å². The molecule has 5 nitrogen and oxygen atoms in total. The van der Waals surface area contributed by atoms with E-state index >= 15 is 0 Å². The van der Waals surface area contributed by atoms with Crippen molar-refractivity contribution in [2.75, 3.05) is 5.32 Å². The van der Waals surface area contributed by atoms with Crippen LogP contribution in [0.2, 0.25) is 0 Å². The Bertz CT molecular complexity index is 1400. The lowest BCUT2D eigenvalue weighted by Crippen LogP contribution is -2.21. The first-order valence-corrected chi connectivity index (χ1v) is 10.6. The summed E-state index contributed by atoms with van der Waals surface area (Å²) in [6.07, 6.45) is 2.48. The van der Waals surface area contributed by atoms with Gasteiger partial charge in [-0.3, -0.25) is 9.36 Å². The van der Waals surface area contributed by atoms with E-state index in [0.29, 0.717) is 18.1 Å². The lowest BCUT2D eigenvalue weighted by Gasteiger charge is -2.11. The number of aromatic nitrogens is 3. The highest BCUT2D eigenvalue weighted by Crippen LogP contribution is 2.20. The second-order valence-corrected chi connectivity index (χ2v) is 7.60. The zero-order valence-electron chi connectivity index (χ0n) is 17.5. The van der Waals surface area contributed by atoms with Crippen molar-refractivity contribution in [3.63, 3.8) is 0 Å². The summed E-state index contributed by atoms with van der Waals surface area (Å²) in [6.45, 7) is 0.544. The minimum absolute atomic E-state index is 0.0669. The summed E-state index contributed by atoms with van der Waals surface area (Å²) in [5, 5.41) is 4.04. The summed E-state index contributed by atoms with van der Waals surface area (Å²) in [6, 6.07) is 31.9. The van der Waals surface area contributed by atoms with E-state index < -0.39 is 0 Å². The van der Waals surface area contributed by atoms with Gasteiger partial charge in [0.15, 0.2) is 0 Å². The van der Waals surface area contributed by atoms with Crippen LogP contribution in [0.5, 0.6) is 0 Å². The van der Waals surface area contributed by atoms with Crippen molar-refractivity contribution in [1.29, 1.82) is 0 Å². The van der Waals surface area contributed by atoms with Gasteiger partial charge in [0.1, 0.15) is 5.65 Å². The number of benzene rings is 3. The molecule has 2 aromatic heterocycles. The van der Waals surface area contributed by atoms with Gasteiger partial charge in [-0.05, 0) is 41.3 Å². The molecule has 0 atom stereocenters. The Labute approximate surface area is 186 Å². The van der Waals surface area contributed by atoms with E-state index in [1.807, 2.05) is 48.5 Å². The molecule has 5 rings (SSSR count). The molecule has 32 heavy (non-hydrogen) atoms. The number of anilines is 2. The summed E-state index contributed by atoms with van der Waals surface area (Å²) in [5.74, 6) is 0.468. The second-order valence-electron chi connectivity index (χ2n) is 7.60. The fourth-order valence-electron chi connectivity index (χ4n) is 3.73. The molecular weight excluding hydrogens is 396 g/mol. The highest BCUT2D eigenvalue weighted by molar-refractivity contribution is 5.75. The first-order chi connectivity index (χ1) is 15.8. The Balaban J connectivity index is 1.39. The van der Waals surface area contributed by atoms with Crippen molar-refractivity contribution in [3.8, 4) is 11.1 Å². The van der Waals surface area contributed by atoms with Crippen LogP contribution in [-0.2, 0) is 13.0 Å². The summed E-state index contributed by atoms with van der Waals surface area (Å²) in [4.78, 5) is 21.7. The molecule has 0 bridgehead atoms. The Morgan fingerprint density at radius 1 is 0.750 bits per heavy atom. The summed E-state index contributed by atoms with van der Waals surface area (Å²) in [5.41, 5.74) is 5.01. The van der Waals surface area contributed by atoms with Gasteiger partial charge < -0.3 is 5.32 Å². The van der Waals surface area contributed by atoms with Crippen LogP contribution in [-0.4, -0.2) is 14.5 Å². The molecule has 0 saturated carbocycles. The number of pyridine rings is 1. The van der Waals surface area contributed by atoms with E-state index in [9.17, 15) is 4.79 Å². The number of hydrogen-bond donors (Lipinski definition) is 1. The van der Waals surface area contributed by atoms with Gasteiger partial charge in [0.25, 0.3) is 5.56 Å². The lowest BCUT2D eigenvalue weighted by atomic mass is 10.0. The van der Waals surface area contributed by atoms with Crippen LogP contribution >= 0.6 is 0 Å². The Hall–Kier alpha value is -4.25.